The van der Waals surface area contributed by atoms with Gasteiger partial charge in [-0.2, -0.15) is 4.98 Å². The highest BCUT2D eigenvalue weighted by Crippen LogP contribution is 2.28. The van der Waals surface area contributed by atoms with Crippen LogP contribution in [0.2, 0.25) is 0 Å². The van der Waals surface area contributed by atoms with Crippen LogP contribution in [0.1, 0.15) is 25.1 Å². The monoisotopic (exact) mass is 297 g/mol. The molecular weight excluding hydrogens is 278 g/mol. The molecule has 0 radical (unpaired) electrons. The van der Waals surface area contributed by atoms with Gasteiger partial charge in [0.25, 0.3) is 0 Å². The Kier molecular flexibility index (Phi) is 4.73. The predicted octanol–water partition coefficient (Wildman–Crippen LogP) is -1.14. The number of allylic oxidation sites excluding steroid dienone is 1. The van der Waals surface area contributed by atoms with Gasteiger partial charge in [-0.05, 0) is 6.42 Å². The van der Waals surface area contributed by atoms with E-state index in [9.17, 15) is 15.0 Å². The van der Waals surface area contributed by atoms with Crippen LogP contribution in [0, 0.1) is 0 Å². The van der Waals surface area contributed by atoms with Crippen molar-refractivity contribution in [1.82, 2.24) is 9.55 Å². The maximum Gasteiger partial charge on any atom is 0.351 e. The number of hydrogen-bond donors (Lipinski definition) is 4. The molecule has 1 aromatic heterocycles. The summed E-state index contributed by atoms with van der Waals surface area (Å²) in [7, 11) is 0. The molecule has 1 saturated heterocycles. The van der Waals surface area contributed by atoms with Crippen LogP contribution < -0.4 is 11.4 Å². The van der Waals surface area contributed by atoms with E-state index in [0.717, 1.165) is 11.0 Å². The van der Waals surface area contributed by atoms with Gasteiger partial charge in [0.15, 0.2) is 6.23 Å². The topological polar surface area (TPSA) is 131 Å². The molecule has 1 aliphatic rings. The molecule has 8 heteroatoms. The Bertz CT molecular complexity index is 586. The van der Waals surface area contributed by atoms with E-state index in [0.29, 0.717) is 5.56 Å². The normalized spacial score (nSPS) is 29.3. The Hall–Kier alpha value is -1.74. The smallest absolute Gasteiger partial charge is 0.351 e. The molecular formula is C13H19N3O5. The van der Waals surface area contributed by atoms with Crippen LogP contribution in [-0.2, 0) is 4.74 Å². The van der Waals surface area contributed by atoms with Crippen LogP contribution >= 0.6 is 0 Å². The van der Waals surface area contributed by atoms with E-state index < -0.39 is 36.8 Å². The van der Waals surface area contributed by atoms with E-state index >= 15 is 0 Å². The average Bonchev–Trinajstić information content (AvgIpc) is 2.74. The van der Waals surface area contributed by atoms with E-state index in [4.69, 9.17) is 15.6 Å². The molecule has 2 heterocycles. The first-order valence-corrected chi connectivity index (χ1v) is 6.67. The van der Waals surface area contributed by atoms with Crippen LogP contribution in [-0.4, -0.2) is 49.8 Å². The summed E-state index contributed by atoms with van der Waals surface area (Å²) in [6, 6.07) is 0. The number of aliphatic hydroxyl groups is 3. The number of nitrogens with two attached hydrogens (primary N) is 1. The standard InChI is InChI=1S/C13H19N3O5/c1-2-3-4-7-5-16(13(20)15-11(7)14)12-10(19)9(18)8(6-17)21-12/h3-5,8-10,12,17-19H,2,6H2,1H3,(H2,14,15,20)/t8-,9?,10?,12-/m1/s1. The Labute approximate surface area is 121 Å². The fourth-order valence-corrected chi connectivity index (χ4v) is 2.16. The van der Waals surface area contributed by atoms with Crippen molar-refractivity contribution < 1.29 is 20.1 Å². The van der Waals surface area contributed by atoms with Crippen molar-refractivity contribution in [2.24, 2.45) is 0 Å². The molecule has 0 bridgehead atoms. The molecule has 1 aromatic rings. The van der Waals surface area contributed by atoms with E-state index in [1.54, 1.807) is 6.08 Å². The number of nitrogen functional groups attached to an aromatic ring is 1. The zero-order chi connectivity index (χ0) is 15.6. The lowest BCUT2D eigenvalue weighted by Gasteiger charge is -2.18. The van der Waals surface area contributed by atoms with E-state index in [1.807, 2.05) is 13.0 Å². The summed E-state index contributed by atoms with van der Waals surface area (Å²) in [5.41, 5.74) is 5.49. The maximum atomic E-state index is 11.9. The summed E-state index contributed by atoms with van der Waals surface area (Å²) in [6.45, 7) is 1.48. The number of anilines is 1. The van der Waals surface area contributed by atoms with Gasteiger partial charge >= 0.3 is 5.69 Å². The number of aliphatic hydroxyl groups excluding tert-OH is 3. The predicted molar refractivity (Wildman–Crippen MR) is 75.2 cm³/mol. The molecule has 21 heavy (non-hydrogen) atoms. The van der Waals surface area contributed by atoms with E-state index in [1.165, 1.54) is 6.20 Å². The van der Waals surface area contributed by atoms with Gasteiger partial charge < -0.3 is 25.8 Å². The molecule has 2 unspecified atom stereocenters. The fourth-order valence-electron chi connectivity index (χ4n) is 2.16. The zero-order valence-corrected chi connectivity index (χ0v) is 11.6. The number of nitrogens with zero attached hydrogens (tertiary/aromatic N) is 2. The first-order valence-electron chi connectivity index (χ1n) is 6.67. The fraction of sp³-hybridized carbons (Fsp3) is 0.538. The Morgan fingerprint density at radius 1 is 1.48 bits per heavy atom. The van der Waals surface area contributed by atoms with Gasteiger partial charge in [0.05, 0.1) is 6.61 Å². The van der Waals surface area contributed by atoms with Gasteiger partial charge in [-0.1, -0.05) is 19.1 Å². The molecule has 1 aliphatic heterocycles. The SMILES string of the molecule is CCC=Cc1cn([C@@H]2O[C@H](CO)C(O)C2O)c(=O)nc1N. The molecule has 116 valence electrons. The molecule has 0 aliphatic carbocycles. The molecule has 5 N–H and O–H groups in total. The number of rotatable bonds is 4. The molecule has 2 rings (SSSR count). The van der Waals surface area contributed by atoms with Crippen LogP contribution in [0.5, 0.6) is 0 Å². The molecule has 1 fully saturated rings. The van der Waals surface area contributed by atoms with Gasteiger partial charge in [-0.3, -0.25) is 4.57 Å². The summed E-state index contributed by atoms with van der Waals surface area (Å²) in [4.78, 5) is 15.6. The van der Waals surface area contributed by atoms with Gasteiger partial charge in [-0.15, -0.1) is 0 Å². The van der Waals surface area contributed by atoms with Crippen molar-refractivity contribution in [3.05, 3.63) is 28.3 Å². The van der Waals surface area contributed by atoms with Crippen LogP contribution in [0.25, 0.3) is 6.08 Å². The summed E-state index contributed by atoms with van der Waals surface area (Å²) in [5.74, 6) is 0.0766. The molecule has 0 amide bonds. The first kappa shape index (κ1) is 15.6. The van der Waals surface area contributed by atoms with Crippen LogP contribution in [0.3, 0.4) is 0 Å². The second-order valence-electron chi connectivity index (χ2n) is 4.81. The third kappa shape index (κ3) is 2.98. The van der Waals surface area contributed by atoms with Crippen molar-refractivity contribution in [2.45, 2.75) is 37.9 Å². The minimum atomic E-state index is -1.34. The summed E-state index contributed by atoms with van der Waals surface area (Å²) in [6.07, 6.45) is 1.06. The second-order valence-corrected chi connectivity index (χ2v) is 4.81. The number of aromatic nitrogens is 2. The molecule has 0 aromatic carbocycles. The van der Waals surface area contributed by atoms with Gasteiger partial charge in [0.1, 0.15) is 24.1 Å². The zero-order valence-electron chi connectivity index (χ0n) is 11.6. The lowest BCUT2D eigenvalue weighted by atomic mass is 10.1. The minimum absolute atomic E-state index is 0.0766. The van der Waals surface area contributed by atoms with Gasteiger partial charge in [0, 0.05) is 11.8 Å². The van der Waals surface area contributed by atoms with Crippen molar-refractivity contribution in [2.75, 3.05) is 12.3 Å². The van der Waals surface area contributed by atoms with E-state index in [-0.39, 0.29) is 5.82 Å². The Morgan fingerprint density at radius 3 is 2.76 bits per heavy atom. The first-order chi connectivity index (χ1) is 9.99. The largest absolute Gasteiger partial charge is 0.394 e. The quantitative estimate of drug-likeness (QED) is 0.552. The molecule has 0 spiro atoms. The van der Waals surface area contributed by atoms with Crippen LogP contribution in [0.15, 0.2) is 17.1 Å². The van der Waals surface area contributed by atoms with Gasteiger partial charge in [0.2, 0.25) is 0 Å². The van der Waals surface area contributed by atoms with E-state index in [2.05, 4.69) is 4.98 Å². The Morgan fingerprint density at radius 2 is 2.19 bits per heavy atom. The highest BCUT2D eigenvalue weighted by Gasteiger charge is 2.43. The van der Waals surface area contributed by atoms with Crippen LogP contribution in [0.4, 0.5) is 5.82 Å². The minimum Gasteiger partial charge on any atom is -0.394 e. The number of ether oxygens (including phenoxy) is 1. The second kappa shape index (κ2) is 6.35. The lowest BCUT2D eigenvalue weighted by Crippen LogP contribution is -2.36. The summed E-state index contributed by atoms with van der Waals surface area (Å²) >= 11 is 0. The van der Waals surface area contributed by atoms with Gasteiger partial charge in [-0.25, -0.2) is 4.79 Å². The Balaban J connectivity index is 2.40. The van der Waals surface area contributed by atoms with Crippen molar-refractivity contribution in [3.8, 4) is 0 Å². The van der Waals surface area contributed by atoms with Crippen molar-refractivity contribution >= 4 is 11.9 Å². The third-order valence-electron chi connectivity index (χ3n) is 3.34. The van der Waals surface area contributed by atoms with Crippen molar-refractivity contribution in [3.63, 3.8) is 0 Å². The number of hydrogen-bond acceptors (Lipinski definition) is 7. The van der Waals surface area contributed by atoms with Crippen molar-refractivity contribution in [1.29, 1.82) is 0 Å². The maximum absolute atomic E-state index is 11.9. The molecule has 4 atom stereocenters. The summed E-state index contributed by atoms with van der Waals surface area (Å²) in [5, 5.41) is 28.8. The third-order valence-corrected chi connectivity index (χ3v) is 3.34. The lowest BCUT2D eigenvalue weighted by molar-refractivity contribution is -0.0549. The highest BCUT2D eigenvalue weighted by atomic mass is 16.6. The molecule has 8 nitrogen and oxygen atoms in total. The molecule has 0 saturated carbocycles. The summed E-state index contributed by atoms with van der Waals surface area (Å²) < 4.78 is 6.37. The average molecular weight is 297 g/mol. The highest BCUT2D eigenvalue weighted by molar-refractivity contribution is 5.59.